The fraction of sp³-hybridized carbons (Fsp3) is 0.286. The zero-order valence-electron chi connectivity index (χ0n) is 21.8. The van der Waals surface area contributed by atoms with Gasteiger partial charge in [-0.25, -0.2) is 17.2 Å². The van der Waals surface area contributed by atoms with Gasteiger partial charge in [0.15, 0.2) is 15.4 Å². The van der Waals surface area contributed by atoms with Gasteiger partial charge >= 0.3 is 0 Å². The first kappa shape index (κ1) is 26.8. The molecule has 204 valence electrons. The van der Waals surface area contributed by atoms with Gasteiger partial charge in [0.25, 0.3) is 11.9 Å². The summed E-state index contributed by atoms with van der Waals surface area (Å²) in [6.07, 6.45) is 0. The number of anilines is 2. The Balaban J connectivity index is 1.40. The molecule has 1 fully saturated rings. The molecule has 8 nitrogen and oxygen atoms in total. The van der Waals surface area contributed by atoms with E-state index in [0.29, 0.717) is 33.5 Å². The number of hydrogen-bond donors (Lipinski definition) is 1. The van der Waals surface area contributed by atoms with Crippen LogP contribution in [0.2, 0.25) is 0 Å². The monoisotopic (exact) mass is 554 g/mol. The number of carbonyl (C=O) groups excluding carboxylic acids is 1. The fourth-order valence-electron chi connectivity index (χ4n) is 4.62. The lowest BCUT2D eigenvalue weighted by molar-refractivity contribution is 0.0827. The predicted molar refractivity (Wildman–Crippen MR) is 146 cm³/mol. The van der Waals surface area contributed by atoms with Crippen molar-refractivity contribution in [2.24, 2.45) is 0 Å². The van der Waals surface area contributed by atoms with E-state index in [4.69, 9.17) is 4.42 Å². The topological polar surface area (TPSA) is 95.7 Å². The van der Waals surface area contributed by atoms with Crippen molar-refractivity contribution in [2.45, 2.75) is 13.5 Å². The zero-order chi connectivity index (χ0) is 27.9. The maximum atomic E-state index is 15.1. The Hall–Kier alpha value is -3.83. The molecular formula is C28H28F2N4O4S. The number of benzene rings is 3. The highest BCUT2D eigenvalue weighted by Crippen LogP contribution is 2.34. The Morgan fingerprint density at radius 1 is 1.08 bits per heavy atom. The number of aryl methyl sites for hydroxylation is 1. The second-order valence-electron chi connectivity index (χ2n) is 9.87. The molecule has 11 heteroatoms. The van der Waals surface area contributed by atoms with Crippen LogP contribution < -0.4 is 5.32 Å². The van der Waals surface area contributed by atoms with Crippen LogP contribution in [0.1, 0.15) is 21.5 Å². The zero-order valence-corrected chi connectivity index (χ0v) is 22.6. The minimum Gasteiger partial charge on any atom is -0.423 e. The number of para-hydroxylation sites is 1. The van der Waals surface area contributed by atoms with Crippen LogP contribution in [-0.4, -0.2) is 67.8 Å². The van der Waals surface area contributed by atoms with E-state index in [2.05, 4.69) is 10.3 Å². The summed E-state index contributed by atoms with van der Waals surface area (Å²) in [6.45, 7) is 2.31. The first-order valence-electron chi connectivity index (χ1n) is 12.4. The summed E-state index contributed by atoms with van der Waals surface area (Å²) in [5.41, 5.74) is 3.58. The smallest absolute Gasteiger partial charge is 0.300 e. The van der Waals surface area contributed by atoms with Crippen molar-refractivity contribution in [1.82, 2.24) is 14.8 Å². The van der Waals surface area contributed by atoms with Gasteiger partial charge in [-0.2, -0.15) is 4.98 Å². The molecule has 0 saturated carbocycles. The highest BCUT2D eigenvalue weighted by atomic mass is 32.2. The number of hydrogen-bond acceptors (Lipinski definition) is 7. The largest absolute Gasteiger partial charge is 0.423 e. The third kappa shape index (κ3) is 5.64. The Morgan fingerprint density at radius 2 is 1.77 bits per heavy atom. The molecule has 3 aromatic carbocycles. The molecule has 1 aliphatic rings. The summed E-state index contributed by atoms with van der Waals surface area (Å²) >= 11 is 0. The van der Waals surface area contributed by atoms with Crippen LogP contribution in [0, 0.1) is 18.6 Å². The fourth-order valence-corrected chi connectivity index (χ4v) is 5.89. The number of amides is 1. The summed E-state index contributed by atoms with van der Waals surface area (Å²) < 4.78 is 59.5. The molecule has 0 aliphatic carbocycles. The molecule has 4 aromatic rings. The van der Waals surface area contributed by atoms with E-state index >= 15 is 8.78 Å². The number of aromatic nitrogens is 1. The Morgan fingerprint density at radius 3 is 2.41 bits per heavy atom. The maximum Gasteiger partial charge on any atom is 0.300 e. The number of nitrogens with one attached hydrogen (secondary N) is 1. The number of carbonyl (C=O) groups is 1. The third-order valence-electron chi connectivity index (χ3n) is 6.80. The van der Waals surface area contributed by atoms with Crippen LogP contribution in [0.15, 0.2) is 52.9 Å². The van der Waals surface area contributed by atoms with E-state index < -0.39 is 21.5 Å². The van der Waals surface area contributed by atoms with Crippen molar-refractivity contribution < 1.29 is 26.4 Å². The molecule has 0 radical (unpaired) electrons. The lowest BCUT2D eigenvalue weighted by Gasteiger charge is -2.26. The first-order chi connectivity index (χ1) is 18.5. The van der Waals surface area contributed by atoms with Crippen LogP contribution in [0.3, 0.4) is 0 Å². The van der Waals surface area contributed by atoms with Gasteiger partial charge in [-0.15, -0.1) is 0 Å². The average Bonchev–Trinajstić information content (AvgIpc) is 3.29. The molecular weight excluding hydrogens is 526 g/mol. The lowest BCUT2D eigenvalue weighted by atomic mass is 10.0. The lowest BCUT2D eigenvalue weighted by Crippen LogP contribution is -2.40. The molecule has 1 N–H and O–H groups in total. The van der Waals surface area contributed by atoms with Crippen molar-refractivity contribution in [3.8, 4) is 11.1 Å². The normalized spacial score (nSPS) is 15.4. The summed E-state index contributed by atoms with van der Waals surface area (Å²) in [5, 5.41) is 3.09. The third-order valence-corrected chi connectivity index (χ3v) is 8.41. The SMILES string of the molecule is Cc1cc(Nc2nc3cccc(-c4cc(F)c(CN5CCS(=O)(=O)CC5)c(F)c4)c3o2)ccc1C(=O)N(C)C. The first-order valence-corrected chi connectivity index (χ1v) is 14.2. The highest BCUT2D eigenvalue weighted by molar-refractivity contribution is 7.91. The number of fused-ring (bicyclic) bond motifs is 1. The summed E-state index contributed by atoms with van der Waals surface area (Å²) in [5.74, 6) is -1.56. The molecule has 1 aromatic heterocycles. The van der Waals surface area contributed by atoms with Gasteiger partial charge in [0.2, 0.25) is 0 Å². The second kappa shape index (κ2) is 10.4. The Bertz CT molecular complexity index is 1650. The standard InChI is InChI=1S/C28H28F2N4O4S/c1-17-13-19(7-8-20(17)27(35)33(2)3)31-28-32-25-6-4-5-21(26(25)38-28)18-14-23(29)22(24(30)15-18)16-34-9-11-39(36,37)12-10-34/h4-8,13-15H,9-12,16H2,1-3H3,(H,31,32). The molecule has 0 atom stereocenters. The van der Waals surface area contributed by atoms with Crippen molar-refractivity contribution in [3.63, 3.8) is 0 Å². The van der Waals surface area contributed by atoms with Gasteiger partial charge in [0, 0.05) is 56.1 Å². The van der Waals surface area contributed by atoms with Crippen LogP contribution in [0.5, 0.6) is 0 Å². The predicted octanol–water partition coefficient (Wildman–Crippen LogP) is 4.76. The quantitative estimate of drug-likeness (QED) is 0.367. The molecule has 1 amide bonds. The minimum absolute atomic E-state index is 0.00755. The molecule has 0 bridgehead atoms. The van der Waals surface area contributed by atoms with E-state index in [9.17, 15) is 13.2 Å². The van der Waals surface area contributed by atoms with Crippen molar-refractivity contribution in [2.75, 3.05) is 44.0 Å². The number of oxazole rings is 1. The van der Waals surface area contributed by atoms with E-state index in [0.717, 1.165) is 5.56 Å². The minimum atomic E-state index is -3.09. The van der Waals surface area contributed by atoms with Gasteiger partial charge in [0.05, 0.1) is 11.5 Å². The van der Waals surface area contributed by atoms with Crippen LogP contribution in [0.25, 0.3) is 22.2 Å². The van der Waals surface area contributed by atoms with E-state index in [-0.39, 0.29) is 48.6 Å². The number of sulfone groups is 1. The molecule has 39 heavy (non-hydrogen) atoms. The van der Waals surface area contributed by atoms with Crippen LogP contribution in [0.4, 0.5) is 20.5 Å². The molecule has 0 spiro atoms. The van der Waals surface area contributed by atoms with Crippen LogP contribution in [-0.2, 0) is 16.4 Å². The number of rotatable bonds is 6. The van der Waals surface area contributed by atoms with Crippen molar-refractivity contribution >= 4 is 38.5 Å². The summed E-state index contributed by atoms with van der Waals surface area (Å²) in [4.78, 5) is 20.0. The summed E-state index contributed by atoms with van der Waals surface area (Å²) in [7, 11) is 0.299. The average molecular weight is 555 g/mol. The highest BCUT2D eigenvalue weighted by Gasteiger charge is 2.24. The molecule has 2 heterocycles. The van der Waals surface area contributed by atoms with Crippen LogP contribution >= 0.6 is 0 Å². The molecule has 5 rings (SSSR count). The van der Waals surface area contributed by atoms with E-state index in [1.54, 1.807) is 49.3 Å². The van der Waals surface area contributed by atoms with Gasteiger partial charge in [-0.05, 0) is 54.4 Å². The van der Waals surface area contributed by atoms with E-state index in [1.807, 2.05) is 13.0 Å². The molecule has 1 aliphatic heterocycles. The maximum absolute atomic E-state index is 15.1. The van der Waals surface area contributed by atoms with Crippen molar-refractivity contribution in [3.05, 3.63) is 76.9 Å². The second-order valence-corrected chi connectivity index (χ2v) is 12.2. The Kier molecular flexibility index (Phi) is 7.13. The van der Waals surface area contributed by atoms with Gasteiger partial charge in [-0.1, -0.05) is 12.1 Å². The van der Waals surface area contributed by atoms with Crippen molar-refractivity contribution in [1.29, 1.82) is 0 Å². The number of halogens is 2. The van der Waals surface area contributed by atoms with Gasteiger partial charge in [0.1, 0.15) is 17.2 Å². The number of nitrogens with zero attached hydrogens (tertiary/aromatic N) is 3. The Labute approximate surface area is 225 Å². The van der Waals surface area contributed by atoms with E-state index in [1.165, 1.54) is 17.0 Å². The molecule has 1 saturated heterocycles. The summed E-state index contributed by atoms with van der Waals surface area (Å²) in [6, 6.07) is 13.2. The van der Waals surface area contributed by atoms with Gasteiger partial charge < -0.3 is 14.6 Å². The molecule has 0 unspecified atom stereocenters. The van der Waals surface area contributed by atoms with Gasteiger partial charge in [-0.3, -0.25) is 9.69 Å².